The number of benzene rings is 1. The molecule has 0 aliphatic rings. The summed E-state index contributed by atoms with van der Waals surface area (Å²) in [6.07, 6.45) is 1.09. The van der Waals surface area contributed by atoms with Crippen molar-refractivity contribution in [1.29, 1.82) is 0 Å². The van der Waals surface area contributed by atoms with E-state index in [1.165, 1.54) is 7.11 Å². The molecule has 0 bridgehead atoms. The summed E-state index contributed by atoms with van der Waals surface area (Å²) >= 11 is 0. The van der Waals surface area contributed by atoms with Gasteiger partial charge in [-0.05, 0) is 18.6 Å². The maximum atomic E-state index is 11.3. The van der Waals surface area contributed by atoms with Crippen molar-refractivity contribution in [2.75, 3.05) is 25.2 Å². The molecular formula is C13H18O5S. The molecule has 0 radical (unpaired) electrons. The highest BCUT2D eigenvalue weighted by atomic mass is 32.2. The fourth-order valence-corrected chi connectivity index (χ4v) is 2.32. The van der Waals surface area contributed by atoms with E-state index in [9.17, 15) is 13.2 Å². The highest BCUT2D eigenvalue weighted by Gasteiger charge is 2.08. The summed E-state index contributed by atoms with van der Waals surface area (Å²) in [6.45, 7) is 1.86. The summed E-state index contributed by atoms with van der Waals surface area (Å²) in [6, 6.07) is 4.88. The van der Waals surface area contributed by atoms with Crippen molar-refractivity contribution < 1.29 is 22.7 Å². The number of hydrogen-bond acceptors (Lipinski definition) is 5. The third-order valence-corrected chi connectivity index (χ3v) is 4.44. The van der Waals surface area contributed by atoms with Crippen LogP contribution >= 0.6 is 0 Å². The minimum Gasteiger partial charge on any atom is -0.497 e. The number of carbonyl (C=O) groups excluding carboxylic acids is 1. The van der Waals surface area contributed by atoms with Gasteiger partial charge in [-0.15, -0.1) is 0 Å². The van der Waals surface area contributed by atoms with Gasteiger partial charge in [-0.3, -0.25) is 4.79 Å². The largest absolute Gasteiger partial charge is 0.497 e. The fraction of sp³-hybridized carbons (Fsp3) is 0.462. The molecular weight excluding hydrogens is 268 g/mol. The molecule has 0 saturated carbocycles. The van der Waals surface area contributed by atoms with Gasteiger partial charge in [0.25, 0.3) is 0 Å². The fourth-order valence-electron chi connectivity index (χ4n) is 1.47. The first-order chi connectivity index (χ1) is 9.02. The number of rotatable bonds is 8. The van der Waals surface area contributed by atoms with E-state index in [0.717, 1.165) is 0 Å². The second-order valence-corrected chi connectivity index (χ2v) is 6.43. The van der Waals surface area contributed by atoms with Crippen molar-refractivity contribution in [3.8, 4) is 11.5 Å². The van der Waals surface area contributed by atoms with Crippen LogP contribution in [0.3, 0.4) is 0 Å². The molecule has 1 aromatic carbocycles. The van der Waals surface area contributed by atoms with E-state index in [1.807, 2.05) is 0 Å². The average Bonchev–Trinajstić information content (AvgIpc) is 2.43. The minimum atomic E-state index is -2.98. The molecule has 0 aromatic heterocycles. The van der Waals surface area contributed by atoms with E-state index < -0.39 is 9.84 Å². The van der Waals surface area contributed by atoms with Crippen molar-refractivity contribution >= 4 is 16.1 Å². The Labute approximate surface area is 113 Å². The lowest BCUT2D eigenvalue weighted by Gasteiger charge is -2.10. The van der Waals surface area contributed by atoms with E-state index >= 15 is 0 Å². The van der Waals surface area contributed by atoms with E-state index in [4.69, 9.17) is 9.47 Å². The summed E-state index contributed by atoms with van der Waals surface area (Å²) in [5, 5.41) is 0. The molecule has 5 nitrogen and oxygen atoms in total. The van der Waals surface area contributed by atoms with Crippen molar-refractivity contribution in [3.05, 3.63) is 23.8 Å². The second kappa shape index (κ2) is 7.13. The van der Waals surface area contributed by atoms with Crippen LogP contribution < -0.4 is 9.47 Å². The molecule has 106 valence electrons. The molecule has 0 heterocycles. The third-order valence-electron chi connectivity index (χ3n) is 2.64. The molecule has 0 aliphatic heterocycles. The van der Waals surface area contributed by atoms with Crippen LogP contribution in [-0.4, -0.2) is 39.9 Å². The highest BCUT2D eigenvalue weighted by molar-refractivity contribution is 7.91. The SMILES string of the molecule is CCS(=O)(=O)CCCOc1cc(OC)ccc1C=O. The van der Waals surface area contributed by atoms with Gasteiger partial charge < -0.3 is 9.47 Å². The maximum Gasteiger partial charge on any atom is 0.153 e. The Kier molecular flexibility index (Phi) is 5.82. The van der Waals surface area contributed by atoms with Gasteiger partial charge in [0.2, 0.25) is 0 Å². The summed E-state index contributed by atoms with van der Waals surface area (Å²) < 4.78 is 33.1. The number of sulfone groups is 1. The van der Waals surface area contributed by atoms with Crippen LogP contribution in [0.5, 0.6) is 11.5 Å². The van der Waals surface area contributed by atoms with Gasteiger partial charge in [0, 0.05) is 11.8 Å². The zero-order chi connectivity index (χ0) is 14.3. The zero-order valence-electron chi connectivity index (χ0n) is 11.1. The quantitative estimate of drug-likeness (QED) is 0.537. The zero-order valence-corrected chi connectivity index (χ0v) is 11.9. The number of methoxy groups -OCH3 is 1. The topological polar surface area (TPSA) is 69.7 Å². The highest BCUT2D eigenvalue weighted by Crippen LogP contribution is 2.23. The van der Waals surface area contributed by atoms with Crippen molar-refractivity contribution in [2.24, 2.45) is 0 Å². The van der Waals surface area contributed by atoms with E-state index in [-0.39, 0.29) is 18.1 Å². The molecule has 1 rings (SSSR count). The van der Waals surface area contributed by atoms with Crippen LogP contribution in [0.2, 0.25) is 0 Å². The Balaban J connectivity index is 2.59. The standard InChI is InChI=1S/C13H18O5S/c1-3-19(15,16)8-4-7-18-13-9-12(17-2)6-5-11(13)10-14/h5-6,9-10H,3-4,7-8H2,1-2H3. The molecule has 0 unspecified atom stereocenters. The van der Waals surface area contributed by atoms with Gasteiger partial charge in [0.05, 0.1) is 25.0 Å². The first-order valence-electron chi connectivity index (χ1n) is 5.99. The van der Waals surface area contributed by atoms with Crippen molar-refractivity contribution in [2.45, 2.75) is 13.3 Å². The predicted octanol–water partition coefficient (Wildman–Crippen LogP) is 1.71. The maximum absolute atomic E-state index is 11.3. The average molecular weight is 286 g/mol. The first-order valence-corrected chi connectivity index (χ1v) is 7.81. The molecule has 0 saturated heterocycles. The van der Waals surface area contributed by atoms with E-state index in [0.29, 0.717) is 29.8 Å². The van der Waals surface area contributed by atoms with Crippen LogP contribution in [-0.2, 0) is 9.84 Å². The van der Waals surface area contributed by atoms with Gasteiger partial charge in [0.1, 0.15) is 21.3 Å². The number of carbonyl (C=O) groups is 1. The molecule has 0 aliphatic carbocycles. The monoisotopic (exact) mass is 286 g/mol. The van der Waals surface area contributed by atoms with Crippen LogP contribution in [0, 0.1) is 0 Å². The number of hydrogen-bond donors (Lipinski definition) is 0. The molecule has 0 amide bonds. The predicted molar refractivity (Wildman–Crippen MR) is 72.8 cm³/mol. The van der Waals surface area contributed by atoms with Crippen LogP contribution in [0.15, 0.2) is 18.2 Å². The van der Waals surface area contributed by atoms with Gasteiger partial charge in [-0.1, -0.05) is 6.92 Å². The second-order valence-electron chi connectivity index (χ2n) is 3.96. The molecule has 0 spiro atoms. The van der Waals surface area contributed by atoms with Gasteiger partial charge in [-0.2, -0.15) is 0 Å². The van der Waals surface area contributed by atoms with Crippen LogP contribution in [0.1, 0.15) is 23.7 Å². The van der Waals surface area contributed by atoms with Crippen LogP contribution in [0.4, 0.5) is 0 Å². The Hall–Kier alpha value is -1.56. The van der Waals surface area contributed by atoms with Gasteiger partial charge >= 0.3 is 0 Å². The summed E-state index contributed by atoms with van der Waals surface area (Å²) in [5.41, 5.74) is 0.416. The summed E-state index contributed by atoms with van der Waals surface area (Å²) in [5.74, 6) is 1.21. The van der Waals surface area contributed by atoms with Crippen molar-refractivity contribution in [1.82, 2.24) is 0 Å². The first kappa shape index (κ1) is 15.5. The van der Waals surface area contributed by atoms with E-state index in [2.05, 4.69) is 0 Å². The number of aldehydes is 1. The third kappa shape index (κ3) is 4.90. The molecule has 0 fully saturated rings. The molecule has 6 heteroatoms. The summed E-state index contributed by atoms with van der Waals surface area (Å²) in [7, 11) is -1.46. The number of ether oxygens (including phenoxy) is 2. The van der Waals surface area contributed by atoms with Gasteiger partial charge in [0.15, 0.2) is 6.29 Å². The molecule has 19 heavy (non-hydrogen) atoms. The Morgan fingerprint density at radius 2 is 2.05 bits per heavy atom. The molecule has 0 atom stereocenters. The van der Waals surface area contributed by atoms with Crippen molar-refractivity contribution in [3.63, 3.8) is 0 Å². The normalized spacial score (nSPS) is 11.1. The Morgan fingerprint density at radius 1 is 1.32 bits per heavy atom. The Morgan fingerprint density at radius 3 is 2.63 bits per heavy atom. The smallest absolute Gasteiger partial charge is 0.153 e. The molecule has 1 aromatic rings. The molecule has 0 N–H and O–H groups in total. The summed E-state index contributed by atoms with van der Waals surface area (Å²) in [4.78, 5) is 10.8. The van der Waals surface area contributed by atoms with Crippen LogP contribution in [0.25, 0.3) is 0 Å². The lowest BCUT2D eigenvalue weighted by molar-refractivity contribution is 0.111. The Bertz CT molecular complexity index is 522. The van der Waals surface area contributed by atoms with E-state index in [1.54, 1.807) is 25.1 Å². The lowest BCUT2D eigenvalue weighted by atomic mass is 10.2. The lowest BCUT2D eigenvalue weighted by Crippen LogP contribution is -2.12. The minimum absolute atomic E-state index is 0.0872. The van der Waals surface area contributed by atoms with Gasteiger partial charge in [-0.25, -0.2) is 8.42 Å².